The summed E-state index contributed by atoms with van der Waals surface area (Å²) in [7, 11) is 0. The number of non-ortho nitro benzene ring substituents is 1. The van der Waals surface area contributed by atoms with Gasteiger partial charge < -0.3 is 0 Å². The van der Waals surface area contributed by atoms with Gasteiger partial charge in [-0.25, -0.2) is 0 Å². The molecule has 0 spiro atoms. The number of hydrogen-bond acceptors (Lipinski definition) is 3. The molecule has 5 heteroatoms. The van der Waals surface area contributed by atoms with E-state index in [1.807, 2.05) is 0 Å². The first kappa shape index (κ1) is 8.90. The van der Waals surface area contributed by atoms with Crippen LogP contribution in [0.2, 0.25) is 0 Å². The van der Waals surface area contributed by atoms with E-state index in [1.165, 1.54) is 24.3 Å². The number of hydrogen-bond donors (Lipinski definition) is 1. The van der Waals surface area contributed by atoms with Gasteiger partial charge in [0, 0.05) is 0 Å². The zero-order valence-corrected chi connectivity index (χ0v) is 7.69. The molecule has 4 nitrogen and oxygen atoms in total. The third kappa shape index (κ3) is 1.90. The van der Waals surface area contributed by atoms with E-state index in [2.05, 4.69) is 16.0 Å². The van der Waals surface area contributed by atoms with Gasteiger partial charge in [0.15, 0.2) is 0 Å². The van der Waals surface area contributed by atoms with Crippen LogP contribution in [0.25, 0.3) is 0 Å². The second-order valence-electron chi connectivity index (χ2n) is 2.13. The molecule has 0 unspecified atom stereocenters. The van der Waals surface area contributed by atoms with E-state index in [0.717, 1.165) is 0 Å². The maximum absolute atomic E-state index is 10.2. The molecule has 0 amide bonds. The van der Waals surface area contributed by atoms with Crippen LogP contribution in [0.5, 0.6) is 0 Å². The molecule has 0 aromatic heterocycles. The Bertz CT molecular complexity index is 288. The molecule has 1 rings (SSSR count). The van der Waals surface area contributed by atoms with Crippen molar-refractivity contribution in [1.29, 1.82) is 5.41 Å². The number of nitrogens with one attached hydrogen (secondary N) is 1. The van der Waals surface area contributed by atoms with Crippen LogP contribution in [0.4, 0.5) is 5.69 Å². The first-order valence-electron chi connectivity index (χ1n) is 3.11. The summed E-state index contributed by atoms with van der Waals surface area (Å²) in [4.78, 5) is 9.76. The molecule has 1 aromatic rings. The predicted octanol–water partition coefficient (Wildman–Crippen LogP) is 1.09. The first-order chi connectivity index (χ1) is 5.61. The number of benzene rings is 1. The second kappa shape index (κ2) is 3.47. The summed E-state index contributed by atoms with van der Waals surface area (Å²) in [6, 6.07) is 5.83. The summed E-state index contributed by atoms with van der Waals surface area (Å²) >= 11 is 2.52. The van der Waals surface area contributed by atoms with Gasteiger partial charge in [0.25, 0.3) is 0 Å². The molecule has 0 saturated carbocycles. The molecule has 12 heavy (non-hydrogen) atoms. The quantitative estimate of drug-likeness (QED) is 0.356. The minimum atomic E-state index is -0.466. The van der Waals surface area contributed by atoms with E-state index in [4.69, 9.17) is 5.41 Å². The normalized spacial score (nSPS) is 9.33. The molecule has 0 atom stereocenters. The van der Waals surface area contributed by atoms with Gasteiger partial charge in [-0.05, 0) is 0 Å². The summed E-state index contributed by atoms with van der Waals surface area (Å²) < 4.78 is 0.282. The molecule has 0 heterocycles. The fourth-order valence-electron chi connectivity index (χ4n) is 0.735. The zero-order chi connectivity index (χ0) is 9.14. The van der Waals surface area contributed by atoms with Crippen molar-refractivity contribution in [3.63, 3.8) is 0 Å². The third-order valence-corrected chi connectivity index (χ3v) is 1.83. The van der Waals surface area contributed by atoms with Crippen molar-refractivity contribution >= 4 is 26.3 Å². The molecule has 0 bridgehead atoms. The molecular weight excluding hydrogens is 223 g/mol. The van der Waals surface area contributed by atoms with Crippen molar-refractivity contribution in [2.75, 3.05) is 0 Å². The van der Waals surface area contributed by atoms with Crippen LogP contribution >= 0.6 is 0 Å². The van der Waals surface area contributed by atoms with Gasteiger partial charge in [0.05, 0.1) is 0 Å². The SMILES string of the molecule is N=C([Se])c1ccc([N+](=O)[O-])cc1. The van der Waals surface area contributed by atoms with Crippen LogP contribution in [0.1, 0.15) is 5.56 Å². The minimum absolute atomic E-state index is 0.0417. The molecule has 1 radical (unpaired) electrons. The second-order valence-corrected chi connectivity index (χ2v) is 2.99. The van der Waals surface area contributed by atoms with Gasteiger partial charge >= 0.3 is 76.6 Å². The van der Waals surface area contributed by atoms with Gasteiger partial charge in [-0.3, -0.25) is 0 Å². The Morgan fingerprint density at radius 3 is 2.25 bits per heavy atom. The van der Waals surface area contributed by atoms with E-state index < -0.39 is 4.92 Å². The van der Waals surface area contributed by atoms with Gasteiger partial charge in [-0.2, -0.15) is 0 Å². The van der Waals surface area contributed by atoms with Crippen LogP contribution in [0.15, 0.2) is 24.3 Å². The van der Waals surface area contributed by atoms with Crippen molar-refractivity contribution in [2.24, 2.45) is 0 Å². The Balaban J connectivity index is 3.01. The molecule has 0 aliphatic rings. The average molecular weight is 228 g/mol. The van der Waals surface area contributed by atoms with Crippen molar-refractivity contribution in [3.8, 4) is 0 Å². The molecular formula is C7H5N2O2Se. The third-order valence-electron chi connectivity index (χ3n) is 1.34. The maximum atomic E-state index is 10.2. The van der Waals surface area contributed by atoms with Crippen molar-refractivity contribution < 1.29 is 4.92 Å². The van der Waals surface area contributed by atoms with E-state index >= 15 is 0 Å². The Labute approximate surface area is 77.1 Å². The standard InChI is InChI=1S/C7H5N2O2Se/c8-7(12)5-1-3-6(4-2-5)9(10)11/h1-4,8H. The first-order valence-corrected chi connectivity index (χ1v) is 3.97. The summed E-state index contributed by atoms with van der Waals surface area (Å²) in [5.74, 6) is 0. The van der Waals surface area contributed by atoms with Crippen molar-refractivity contribution in [2.45, 2.75) is 0 Å². The zero-order valence-electron chi connectivity index (χ0n) is 5.98. The van der Waals surface area contributed by atoms with Gasteiger partial charge in [0.2, 0.25) is 0 Å². The van der Waals surface area contributed by atoms with Crippen LogP contribution < -0.4 is 0 Å². The summed E-state index contributed by atoms with van der Waals surface area (Å²) in [5.41, 5.74) is 0.695. The van der Waals surface area contributed by atoms with E-state index in [9.17, 15) is 10.1 Å². The number of nitro groups is 1. The average Bonchev–Trinajstić information content (AvgIpc) is 2.04. The fourth-order valence-corrected chi connectivity index (χ4v) is 1.02. The topological polar surface area (TPSA) is 67.0 Å². The van der Waals surface area contributed by atoms with Gasteiger partial charge in [-0.1, -0.05) is 0 Å². The monoisotopic (exact) mass is 229 g/mol. The molecule has 61 valence electrons. The van der Waals surface area contributed by atoms with E-state index in [0.29, 0.717) is 5.56 Å². The summed E-state index contributed by atoms with van der Waals surface area (Å²) in [6.45, 7) is 0. The van der Waals surface area contributed by atoms with Crippen LogP contribution in [0.3, 0.4) is 0 Å². The molecule has 0 aliphatic heterocycles. The van der Waals surface area contributed by atoms with E-state index in [1.54, 1.807) is 0 Å². The molecule has 1 aromatic carbocycles. The van der Waals surface area contributed by atoms with Crippen molar-refractivity contribution in [3.05, 3.63) is 39.9 Å². The summed E-state index contributed by atoms with van der Waals surface area (Å²) in [5, 5.41) is 17.4. The molecule has 0 saturated heterocycles. The van der Waals surface area contributed by atoms with Crippen LogP contribution in [-0.2, 0) is 0 Å². The van der Waals surface area contributed by atoms with Gasteiger partial charge in [0.1, 0.15) is 0 Å². The van der Waals surface area contributed by atoms with Crippen LogP contribution in [0, 0.1) is 15.5 Å². The van der Waals surface area contributed by atoms with Gasteiger partial charge in [-0.15, -0.1) is 0 Å². The number of nitrogens with zero attached hydrogens (tertiary/aromatic N) is 1. The Hall–Kier alpha value is -1.19. The molecule has 0 fully saturated rings. The Morgan fingerprint density at radius 2 is 1.92 bits per heavy atom. The van der Waals surface area contributed by atoms with Crippen LogP contribution in [-0.4, -0.2) is 25.5 Å². The van der Waals surface area contributed by atoms with Crippen molar-refractivity contribution in [1.82, 2.24) is 0 Å². The summed E-state index contributed by atoms with van der Waals surface area (Å²) in [6.07, 6.45) is 0. The number of nitro benzene ring substituents is 1. The predicted molar refractivity (Wildman–Crippen MR) is 45.7 cm³/mol. The molecule has 1 N–H and O–H groups in total. The Kier molecular flexibility index (Phi) is 2.57. The fraction of sp³-hybridized carbons (Fsp3) is 0. The number of rotatable bonds is 2. The van der Waals surface area contributed by atoms with E-state index in [-0.39, 0.29) is 10.3 Å². The molecule has 0 aliphatic carbocycles. The Morgan fingerprint density at radius 1 is 1.42 bits per heavy atom.